The third-order valence-corrected chi connectivity index (χ3v) is 2.95. The number of nitrogens with zero attached hydrogens (tertiary/aromatic N) is 3. The topological polar surface area (TPSA) is 41.0 Å². The van der Waals surface area contributed by atoms with E-state index in [-0.39, 0.29) is 0 Å². The Hall–Kier alpha value is -1.00. The van der Waals surface area contributed by atoms with Crippen LogP contribution in [0.5, 0.6) is 0 Å². The third kappa shape index (κ3) is 2.52. The molecule has 0 bridgehead atoms. The predicted octanol–water partition coefficient (Wildman–Crippen LogP) is 0.751. The van der Waals surface area contributed by atoms with E-state index in [0.29, 0.717) is 6.04 Å². The molecular weight excluding hydrogens is 188 g/mol. The maximum Gasteiger partial charge on any atom is 0.115 e. The van der Waals surface area contributed by atoms with Crippen molar-refractivity contribution in [2.24, 2.45) is 0 Å². The van der Waals surface area contributed by atoms with Crippen molar-refractivity contribution in [1.29, 1.82) is 0 Å². The van der Waals surface area contributed by atoms with Crippen LogP contribution in [0, 0.1) is 6.92 Å². The van der Waals surface area contributed by atoms with E-state index in [4.69, 9.17) is 0 Å². The third-order valence-electron chi connectivity index (χ3n) is 2.95. The molecule has 15 heavy (non-hydrogen) atoms. The number of hydrogen-bond acceptors (Lipinski definition) is 4. The molecule has 1 aromatic heterocycles. The van der Waals surface area contributed by atoms with Crippen LogP contribution in [0.2, 0.25) is 0 Å². The number of nitrogens with one attached hydrogen (secondary N) is 1. The van der Waals surface area contributed by atoms with Gasteiger partial charge in [-0.2, -0.15) is 0 Å². The molecule has 0 saturated carbocycles. The minimum atomic E-state index is 0.397. The molecule has 1 aromatic rings. The second-order valence-corrected chi connectivity index (χ2v) is 4.05. The summed E-state index contributed by atoms with van der Waals surface area (Å²) in [6, 6.07) is 2.47. The smallest absolute Gasteiger partial charge is 0.115 e. The normalized spacial score (nSPS) is 20.1. The van der Waals surface area contributed by atoms with E-state index in [1.807, 2.05) is 6.92 Å². The first-order valence-electron chi connectivity index (χ1n) is 5.50. The summed E-state index contributed by atoms with van der Waals surface area (Å²) in [5.74, 6) is 0. The van der Waals surface area contributed by atoms with Crippen molar-refractivity contribution < 1.29 is 0 Å². The van der Waals surface area contributed by atoms with E-state index in [1.54, 1.807) is 6.33 Å². The van der Waals surface area contributed by atoms with E-state index >= 15 is 0 Å². The van der Waals surface area contributed by atoms with Gasteiger partial charge in [-0.15, -0.1) is 0 Å². The largest absolute Gasteiger partial charge is 0.314 e. The summed E-state index contributed by atoms with van der Waals surface area (Å²) in [6.45, 7) is 8.58. The fraction of sp³-hybridized carbons (Fsp3) is 0.636. The minimum Gasteiger partial charge on any atom is -0.314 e. The van der Waals surface area contributed by atoms with Crippen LogP contribution in [-0.2, 0) is 0 Å². The lowest BCUT2D eigenvalue weighted by molar-refractivity contribution is 0.182. The van der Waals surface area contributed by atoms with Gasteiger partial charge in [0.15, 0.2) is 0 Å². The number of aromatic nitrogens is 2. The van der Waals surface area contributed by atoms with Crippen LogP contribution in [0.4, 0.5) is 0 Å². The van der Waals surface area contributed by atoms with E-state index in [1.165, 1.54) is 0 Å². The van der Waals surface area contributed by atoms with Crippen molar-refractivity contribution in [3.63, 3.8) is 0 Å². The lowest BCUT2D eigenvalue weighted by atomic mass is 10.1. The van der Waals surface area contributed by atoms with Crippen molar-refractivity contribution in [3.8, 4) is 0 Å². The zero-order valence-corrected chi connectivity index (χ0v) is 9.40. The molecule has 1 saturated heterocycles. The Kier molecular flexibility index (Phi) is 3.28. The summed E-state index contributed by atoms with van der Waals surface area (Å²) in [7, 11) is 0. The lowest BCUT2D eigenvalue weighted by Gasteiger charge is -2.32. The van der Waals surface area contributed by atoms with E-state index in [0.717, 1.165) is 37.6 Å². The molecule has 0 amide bonds. The van der Waals surface area contributed by atoms with Gasteiger partial charge in [0.25, 0.3) is 0 Å². The van der Waals surface area contributed by atoms with Gasteiger partial charge in [-0.25, -0.2) is 9.97 Å². The molecule has 0 aliphatic carbocycles. The predicted molar refractivity (Wildman–Crippen MR) is 59.6 cm³/mol. The summed E-state index contributed by atoms with van der Waals surface area (Å²) >= 11 is 0. The molecule has 1 N–H and O–H groups in total. The van der Waals surface area contributed by atoms with Gasteiger partial charge in [0.1, 0.15) is 6.33 Å². The van der Waals surface area contributed by atoms with Crippen LogP contribution in [0.1, 0.15) is 24.4 Å². The maximum atomic E-state index is 4.34. The van der Waals surface area contributed by atoms with Gasteiger partial charge in [-0.1, -0.05) is 0 Å². The lowest BCUT2D eigenvalue weighted by Crippen LogP contribution is -2.44. The second-order valence-electron chi connectivity index (χ2n) is 4.05. The molecule has 1 aliphatic rings. The van der Waals surface area contributed by atoms with Crippen LogP contribution < -0.4 is 5.32 Å². The van der Waals surface area contributed by atoms with E-state index in [9.17, 15) is 0 Å². The Bertz CT molecular complexity index is 320. The Labute approximate surface area is 90.7 Å². The molecule has 1 unspecified atom stereocenters. The molecule has 82 valence electrons. The van der Waals surface area contributed by atoms with Gasteiger partial charge in [-0.3, -0.25) is 4.90 Å². The summed E-state index contributed by atoms with van der Waals surface area (Å²) in [5, 5.41) is 3.36. The molecule has 2 heterocycles. The summed E-state index contributed by atoms with van der Waals surface area (Å²) < 4.78 is 0. The molecule has 1 fully saturated rings. The first-order chi connectivity index (χ1) is 7.27. The number of rotatable bonds is 2. The molecule has 2 rings (SSSR count). The Morgan fingerprint density at radius 2 is 2.07 bits per heavy atom. The fourth-order valence-corrected chi connectivity index (χ4v) is 1.96. The highest BCUT2D eigenvalue weighted by molar-refractivity contribution is 5.10. The van der Waals surface area contributed by atoms with Crippen LogP contribution in [0.15, 0.2) is 12.4 Å². The molecular formula is C11H18N4. The van der Waals surface area contributed by atoms with Crippen LogP contribution in [-0.4, -0.2) is 41.0 Å². The average molecular weight is 206 g/mol. The molecule has 4 nitrogen and oxygen atoms in total. The van der Waals surface area contributed by atoms with Gasteiger partial charge in [0, 0.05) is 37.9 Å². The Morgan fingerprint density at radius 1 is 1.33 bits per heavy atom. The summed E-state index contributed by atoms with van der Waals surface area (Å²) in [4.78, 5) is 10.9. The quantitative estimate of drug-likeness (QED) is 0.775. The average Bonchev–Trinajstić information content (AvgIpc) is 2.29. The first kappa shape index (κ1) is 10.5. The number of aryl methyl sites for hydroxylation is 1. The van der Waals surface area contributed by atoms with Crippen LogP contribution >= 0.6 is 0 Å². The standard InChI is InChI=1S/C11H18N4/c1-9-7-11(14-8-13-9)10(2)15-5-3-12-4-6-15/h7-8,10,12H,3-6H2,1-2H3. The van der Waals surface area contributed by atoms with Crippen molar-refractivity contribution in [1.82, 2.24) is 20.2 Å². The van der Waals surface area contributed by atoms with Crippen LogP contribution in [0.25, 0.3) is 0 Å². The molecule has 0 spiro atoms. The summed E-state index contributed by atoms with van der Waals surface area (Å²) in [6.07, 6.45) is 1.66. The Morgan fingerprint density at radius 3 is 2.73 bits per heavy atom. The van der Waals surface area contributed by atoms with Gasteiger partial charge in [0.05, 0.1) is 5.69 Å². The molecule has 1 aliphatic heterocycles. The highest BCUT2D eigenvalue weighted by Crippen LogP contribution is 2.18. The van der Waals surface area contributed by atoms with Crippen molar-refractivity contribution in [2.45, 2.75) is 19.9 Å². The minimum absolute atomic E-state index is 0.397. The van der Waals surface area contributed by atoms with E-state index in [2.05, 4.69) is 33.2 Å². The fourth-order valence-electron chi connectivity index (χ4n) is 1.96. The van der Waals surface area contributed by atoms with Crippen LogP contribution in [0.3, 0.4) is 0 Å². The second kappa shape index (κ2) is 4.68. The van der Waals surface area contributed by atoms with Gasteiger partial charge in [0.2, 0.25) is 0 Å². The SMILES string of the molecule is Cc1cc(C(C)N2CCNCC2)ncn1. The van der Waals surface area contributed by atoms with Gasteiger partial charge >= 0.3 is 0 Å². The number of hydrogen-bond donors (Lipinski definition) is 1. The highest BCUT2D eigenvalue weighted by Gasteiger charge is 2.18. The Balaban J connectivity index is 2.08. The van der Waals surface area contributed by atoms with Crippen molar-refractivity contribution in [3.05, 3.63) is 23.8 Å². The molecule has 0 radical (unpaired) electrons. The molecule has 4 heteroatoms. The monoisotopic (exact) mass is 206 g/mol. The zero-order chi connectivity index (χ0) is 10.7. The van der Waals surface area contributed by atoms with Gasteiger partial charge in [-0.05, 0) is 19.9 Å². The zero-order valence-electron chi connectivity index (χ0n) is 9.40. The maximum absolute atomic E-state index is 4.34. The number of piperazine rings is 1. The molecule has 1 atom stereocenters. The van der Waals surface area contributed by atoms with Gasteiger partial charge < -0.3 is 5.32 Å². The summed E-state index contributed by atoms with van der Waals surface area (Å²) in [5.41, 5.74) is 2.17. The molecule has 0 aromatic carbocycles. The van der Waals surface area contributed by atoms with Crippen molar-refractivity contribution >= 4 is 0 Å². The highest BCUT2D eigenvalue weighted by atomic mass is 15.2. The van der Waals surface area contributed by atoms with Crippen molar-refractivity contribution in [2.75, 3.05) is 26.2 Å². The van der Waals surface area contributed by atoms with E-state index < -0.39 is 0 Å². The first-order valence-corrected chi connectivity index (χ1v) is 5.50.